The SMILES string of the molecule is CC(C)[Si]1(C(C)C)OC[C@@]2(C)OC=C(/C=C/CO[Si](C)(C)C(C)(C)C)[C@H](O[Si](c3ccccc3)(c3ccccc3)C(C)(C)C)[C@@H]2O1. The van der Waals surface area contributed by atoms with Crippen LogP contribution in [0.1, 0.15) is 76.2 Å². The molecule has 0 bridgehead atoms. The zero-order valence-electron chi connectivity index (χ0n) is 30.8. The van der Waals surface area contributed by atoms with Gasteiger partial charge in [-0.15, -0.1) is 0 Å². The van der Waals surface area contributed by atoms with Gasteiger partial charge in [-0.3, -0.25) is 0 Å². The molecule has 0 aliphatic carbocycles. The van der Waals surface area contributed by atoms with Gasteiger partial charge in [0, 0.05) is 5.57 Å². The summed E-state index contributed by atoms with van der Waals surface area (Å²) in [5.74, 6) is 0. The smallest absolute Gasteiger partial charge is 0.344 e. The molecule has 0 amide bonds. The number of ether oxygens (including phenoxy) is 1. The summed E-state index contributed by atoms with van der Waals surface area (Å²) in [6.45, 7) is 30.5. The van der Waals surface area contributed by atoms with E-state index in [-0.39, 0.29) is 33.4 Å². The van der Waals surface area contributed by atoms with E-state index in [0.717, 1.165) is 5.57 Å². The first kappa shape index (κ1) is 37.0. The van der Waals surface area contributed by atoms with Crippen LogP contribution in [0, 0.1) is 0 Å². The van der Waals surface area contributed by atoms with Crippen molar-refractivity contribution in [3.63, 3.8) is 0 Å². The molecule has 4 rings (SSSR count). The molecule has 2 heterocycles. The van der Waals surface area contributed by atoms with Gasteiger partial charge in [0.05, 0.1) is 19.5 Å². The zero-order valence-corrected chi connectivity index (χ0v) is 33.8. The average molecular weight is 681 g/mol. The Kier molecular flexibility index (Phi) is 11.0. The van der Waals surface area contributed by atoms with Gasteiger partial charge in [-0.05, 0) is 51.6 Å². The molecule has 2 aliphatic heterocycles. The van der Waals surface area contributed by atoms with E-state index < -0.39 is 30.8 Å². The summed E-state index contributed by atoms with van der Waals surface area (Å²) in [6.07, 6.45) is 5.47. The van der Waals surface area contributed by atoms with E-state index in [1.165, 1.54) is 10.4 Å². The number of hydrogen-bond donors (Lipinski definition) is 0. The summed E-state index contributed by atoms with van der Waals surface area (Å²) in [4.78, 5) is 0. The van der Waals surface area contributed by atoms with Gasteiger partial charge in [0.2, 0.25) is 0 Å². The van der Waals surface area contributed by atoms with Gasteiger partial charge in [-0.2, -0.15) is 0 Å². The molecule has 3 atom stereocenters. The lowest BCUT2D eigenvalue weighted by Crippen LogP contribution is -2.73. The minimum absolute atomic E-state index is 0.141. The first-order valence-corrected chi connectivity index (χ1v) is 23.9. The second-order valence-electron chi connectivity index (χ2n) is 16.6. The van der Waals surface area contributed by atoms with Crippen LogP contribution in [0.25, 0.3) is 0 Å². The third-order valence-electron chi connectivity index (χ3n) is 10.6. The molecule has 0 unspecified atom stereocenters. The molecule has 0 radical (unpaired) electrons. The van der Waals surface area contributed by atoms with Gasteiger partial charge in [-0.1, -0.05) is 142 Å². The largest absolute Gasteiger partial charge is 0.490 e. The van der Waals surface area contributed by atoms with Crippen molar-refractivity contribution in [1.82, 2.24) is 0 Å². The van der Waals surface area contributed by atoms with Crippen LogP contribution < -0.4 is 10.4 Å². The molecule has 1 fully saturated rings. The van der Waals surface area contributed by atoms with Crippen LogP contribution in [0.4, 0.5) is 0 Å². The molecule has 2 aromatic carbocycles. The molecular weight excluding hydrogens is 621 g/mol. The van der Waals surface area contributed by atoms with E-state index in [4.69, 9.17) is 22.4 Å². The van der Waals surface area contributed by atoms with Crippen LogP contribution in [-0.2, 0) is 22.4 Å². The Morgan fingerprint density at radius 1 is 0.870 bits per heavy atom. The normalized spacial score (nSPS) is 24.2. The number of rotatable bonds is 10. The maximum atomic E-state index is 7.92. The van der Waals surface area contributed by atoms with E-state index in [1.807, 2.05) is 6.26 Å². The molecule has 0 aromatic heterocycles. The van der Waals surface area contributed by atoms with Crippen LogP contribution in [0.2, 0.25) is 34.3 Å². The molecule has 1 saturated heterocycles. The zero-order chi connectivity index (χ0) is 34.2. The van der Waals surface area contributed by atoms with Gasteiger partial charge in [-0.25, -0.2) is 0 Å². The van der Waals surface area contributed by atoms with Crippen LogP contribution in [0.5, 0.6) is 0 Å². The summed E-state index contributed by atoms with van der Waals surface area (Å²) in [5, 5.41) is 2.44. The van der Waals surface area contributed by atoms with E-state index in [9.17, 15) is 0 Å². The lowest BCUT2D eigenvalue weighted by molar-refractivity contribution is -0.172. The van der Waals surface area contributed by atoms with Gasteiger partial charge in [0.1, 0.15) is 12.2 Å². The lowest BCUT2D eigenvalue weighted by Gasteiger charge is -2.56. The van der Waals surface area contributed by atoms with Crippen molar-refractivity contribution in [2.24, 2.45) is 0 Å². The van der Waals surface area contributed by atoms with E-state index in [2.05, 4.69) is 162 Å². The van der Waals surface area contributed by atoms with Crippen molar-refractivity contribution >= 4 is 35.6 Å². The van der Waals surface area contributed by atoms with Crippen molar-refractivity contribution in [3.8, 4) is 0 Å². The topological polar surface area (TPSA) is 46.2 Å². The quantitative estimate of drug-likeness (QED) is 0.235. The molecule has 0 saturated carbocycles. The molecule has 46 heavy (non-hydrogen) atoms. The monoisotopic (exact) mass is 680 g/mol. The molecular formula is C38H60O5Si3. The molecule has 254 valence electrons. The van der Waals surface area contributed by atoms with Crippen molar-refractivity contribution in [2.45, 2.75) is 128 Å². The lowest BCUT2D eigenvalue weighted by atomic mass is 9.89. The minimum Gasteiger partial charge on any atom is -0.490 e. The summed E-state index contributed by atoms with van der Waals surface area (Å²) in [6, 6.07) is 21.7. The summed E-state index contributed by atoms with van der Waals surface area (Å²) in [5.41, 5.74) is 0.833. The highest BCUT2D eigenvalue weighted by Crippen LogP contribution is 2.48. The molecule has 2 aromatic rings. The Balaban J connectivity index is 1.88. The average Bonchev–Trinajstić information content (AvgIpc) is 2.97. The maximum Gasteiger partial charge on any atom is 0.344 e. The van der Waals surface area contributed by atoms with Gasteiger partial charge >= 0.3 is 8.56 Å². The fourth-order valence-electron chi connectivity index (χ4n) is 6.70. The Bertz CT molecular complexity index is 1310. The Hall–Kier alpha value is -1.79. The van der Waals surface area contributed by atoms with Crippen molar-refractivity contribution in [3.05, 3.63) is 84.7 Å². The maximum absolute atomic E-state index is 7.92. The van der Waals surface area contributed by atoms with E-state index >= 15 is 0 Å². The molecule has 2 aliphatic rings. The van der Waals surface area contributed by atoms with E-state index in [0.29, 0.717) is 13.2 Å². The standard InChI is InChI=1S/C38H60O5Si3/c1-29(2)46(30(3)4)41-28-38(11)35(43-46)34(31(27-39-38)21-20-26-40-44(12,13)36(5,6)7)42-45(37(8,9)10,32-22-16-14-17-23-32)33-24-18-15-19-25-33/h14-25,27,29-30,34-35H,26,28H2,1-13H3/b21-20+/t34-,35-,38+/m0/s1. The molecule has 8 heteroatoms. The second-order valence-corrected chi connectivity index (χ2v) is 29.9. The number of benzene rings is 2. The van der Waals surface area contributed by atoms with Gasteiger partial charge in [0.25, 0.3) is 8.32 Å². The Labute approximate surface area is 283 Å². The van der Waals surface area contributed by atoms with Crippen LogP contribution >= 0.6 is 0 Å². The number of fused-ring (bicyclic) bond motifs is 1. The first-order valence-electron chi connectivity index (χ1n) is 17.1. The summed E-state index contributed by atoms with van der Waals surface area (Å²) < 4.78 is 35.2. The molecule has 5 nitrogen and oxygen atoms in total. The van der Waals surface area contributed by atoms with Crippen LogP contribution in [-0.4, -0.2) is 56.2 Å². The Morgan fingerprint density at radius 3 is 1.85 bits per heavy atom. The second kappa shape index (κ2) is 13.6. The van der Waals surface area contributed by atoms with Crippen molar-refractivity contribution in [1.29, 1.82) is 0 Å². The highest BCUT2D eigenvalue weighted by molar-refractivity contribution is 6.99. The van der Waals surface area contributed by atoms with Crippen LogP contribution in [0.15, 0.2) is 84.7 Å². The third kappa shape index (κ3) is 7.00. The molecule has 0 N–H and O–H groups in total. The van der Waals surface area contributed by atoms with Crippen molar-refractivity contribution < 1.29 is 22.4 Å². The fraction of sp³-hybridized carbons (Fsp3) is 0.579. The van der Waals surface area contributed by atoms with Crippen molar-refractivity contribution in [2.75, 3.05) is 13.2 Å². The van der Waals surface area contributed by atoms with E-state index in [1.54, 1.807) is 0 Å². The number of hydrogen-bond acceptors (Lipinski definition) is 5. The summed E-state index contributed by atoms with van der Waals surface area (Å²) in [7, 11) is -7.50. The predicted octanol–water partition coefficient (Wildman–Crippen LogP) is 8.86. The highest BCUT2D eigenvalue weighted by Gasteiger charge is 2.62. The summed E-state index contributed by atoms with van der Waals surface area (Å²) >= 11 is 0. The van der Waals surface area contributed by atoms with Gasteiger partial charge in [0.15, 0.2) is 13.9 Å². The highest BCUT2D eigenvalue weighted by atomic mass is 28.4. The molecule has 0 spiro atoms. The minimum atomic E-state index is -2.95. The third-order valence-corrected chi connectivity index (χ3v) is 24.5. The van der Waals surface area contributed by atoms with Gasteiger partial charge < -0.3 is 22.4 Å². The first-order chi connectivity index (χ1) is 21.3. The fourth-order valence-corrected chi connectivity index (χ4v) is 16.2. The van der Waals surface area contributed by atoms with Crippen LogP contribution in [0.3, 0.4) is 0 Å². The predicted molar refractivity (Wildman–Crippen MR) is 199 cm³/mol. The Morgan fingerprint density at radius 2 is 1.39 bits per heavy atom.